The molecular formula is C7H14NO6. The van der Waals surface area contributed by atoms with Gasteiger partial charge in [0, 0.05) is 6.54 Å². The van der Waals surface area contributed by atoms with E-state index in [0.717, 1.165) is 0 Å². The zero-order valence-corrected chi connectivity index (χ0v) is 7.37. The third-order valence-electron chi connectivity index (χ3n) is 1.71. The average Bonchev–Trinajstić information content (AvgIpc) is 2.22. The first-order valence-electron chi connectivity index (χ1n) is 3.97. The standard InChI is InChI=1S/C7H14NO6/c9-2-5(12)7(14)6(13)4(11)1-8-3-10/h4-7,9,11-14H,1-2H2,(H,8,10). The van der Waals surface area contributed by atoms with Gasteiger partial charge < -0.3 is 30.8 Å². The summed E-state index contributed by atoms with van der Waals surface area (Å²) in [4.78, 5) is 9.71. The Bertz CT molecular complexity index is 166. The molecule has 1 radical (unpaired) electrons. The molecule has 14 heavy (non-hydrogen) atoms. The SMILES string of the molecule is O=[C]NCC(O)C(O)C(O)C(O)CO. The van der Waals surface area contributed by atoms with Gasteiger partial charge >= 0.3 is 6.41 Å². The van der Waals surface area contributed by atoms with Crippen molar-refractivity contribution in [3.05, 3.63) is 0 Å². The first-order chi connectivity index (χ1) is 6.54. The van der Waals surface area contributed by atoms with Crippen molar-refractivity contribution >= 4 is 6.41 Å². The molecule has 1 amide bonds. The van der Waals surface area contributed by atoms with Gasteiger partial charge in [0.2, 0.25) is 0 Å². The van der Waals surface area contributed by atoms with Crippen molar-refractivity contribution in [1.29, 1.82) is 0 Å². The highest BCUT2D eigenvalue weighted by molar-refractivity contribution is 5.46. The highest BCUT2D eigenvalue weighted by atomic mass is 16.4. The van der Waals surface area contributed by atoms with Gasteiger partial charge in [-0.05, 0) is 0 Å². The summed E-state index contributed by atoms with van der Waals surface area (Å²) in [6.45, 7) is -1.04. The number of aliphatic hydroxyl groups excluding tert-OH is 5. The van der Waals surface area contributed by atoms with E-state index in [4.69, 9.17) is 20.4 Å². The van der Waals surface area contributed by atoms with E-state index in [1.165, 1.54) is 6.41 Å². The zero-order valence-electron chi connectivity index (χ0n) is 7.37. The van der Waals surface area contributed by atoms with E-state index in [1.807, 2.05) is 5.32 Å². The third-order valence-corrected chi connectivity index (χ3v) is 1.71. The molecular weight excluding hydrogens is 194 g/mol. The Balaban J connectivity index is 4.01. The van der Waals surface area contributed by atoms with Crippen LogP contribution in [-0.2, 0) is 4.79 Å². The maximum absolute atomic E-state index is 9.71. The molecule has 83 valence electrons. The summed E-state index contributed by atoms with van der Waals surface area (Å²) in [5, 5.41) is 46.7. The van der Waals surface area contributed by atoms with Crippen molar-refractivity contribution in [2.75, 3.05) is 13.2 Å². The number of hydrogen-bond donors (Lipinski definition) is 6. The first kappa shape index (κ1) is 13.3. The number of rotatable bonds is 7. The fourth-order valence-electron chi connectivity index (χ4n) is 0.830. The van der Waals surface area contributed by atoms with Gasteiger partial charge in [0.1, 0.15) is 18.3 Å². The predicted molar refractivity (Wildman–Crippen MR) is 44.8 cm³/mol. The van der Waals surface area contributed by atoms with Crippen LogP contribution in [0.15, 0.2) is 0 Å². The van der Waals surface area contributed by atoms with Crippen molar-refractivity contribution in [3.63, 3.8) is 0 Å². The first-order valence-corrected chi connectivity index (χ1v) is 3.97. The molecule has 0 saturated heterocycles. The maximum Gasteiger partial charge on any atom is 0.309 e. The summed E-state index contributed by atoms with van der Waals surface area (Å²) in [5.74, 6) is 0. The normalized spacial score (nSPS) is 19.5. The van der Waals surface area contributed by atoms with Crippen LogP contribution < -0.4 is 5.32 Å². The van der Waals surface area contributed by atoms with E-state index in [1.54, 1.807) is 0 Å². The van der Waals surface area contributed by atoms with Gasteiger partial charge in [-0.3, -0.25) is 4.79 Å². The van der Waals surface area contributed by atoms with E-state index in [2.05, 4.69) is 0 Å². The fraction of sp³-hybridized carbons (Fsp3) is 0.857. The number of carbonyl (C=O) groups excluding carboxylic acids is 1. The molecule has 4 atom stereocenters. The third kappa shape index (κ3) is 3.99. The molecule has 0 aromatic rings. The molecule has 4 unspecified atom stereocenters. The van der Waals surface area contributed by atoms with Gasteiger partial charge in [0.25, 0.3) is 0 Å². The molecule has 7 nitrogen and oxygen atoms in total. The Morgan fingerprint density at radius 1 is 1.07 bits per heavy atom. The minimum atomic E-state index is -1.68. The summed E-state index contributed by atoms with van der Waals surface area (Å²) >= 11 is 0. The molecule has 7 heteroatoms. The van der Waals surface area contributed by atoms with Crippen molar-refractivity contribution in [3.8, 4) is 0 Å². The van der Waals surface area contributed by atoms with Crippen molar-refractivity contribution in [2.45, 2.75) is 24.4 Å². The molecule has 0 fully saturated rings. The van der Waals surface area contributed by atoms with E-state index in [-0.39, 0.29) is 6.54 Å². The van der Waals surface area contributed by atoms with E-state index in [9.17, 15) is 9.90 Å². The number of aliphatic hydroxyl groups is 5. The van der Waals surface area contributed by atoms with Gasteiger partial charge in [-0.25, -0.2) is 0 Å². The maximum atomic E-state index is 9.71. The summed E-state index contributed by atoms with van der Waals surface area (Å²) in [7, 11) is 0. The van der Waals surface area contributed by atoms with Gasteiger partial charge in [-0.1, -0.05) is 0 Å². The number of amides is 1. The Labute approximate surface area is 80.6 Å². The predicted octanol–water partition coefficient (Wildman–Crippen LogP) is -3.92. The molecule has 0 aliphatic carbocycles. The van der Waals surface area contributed by atoms with Crippen LogP contribution in [0.1, 0.15) is 0 Å². The molecule has 0 heterocycles. The summed E-state index contributed by atoms with van der Waals surface area (Å²) in [6.07, 6.45) is -5.04. The molecule has 0 bridgehead atoms. The largest absolute Gasteiger partial charge is 0.394 e. The van der Waals surface area contributed by atoms with E-state index >= 15 is 0 Å². The van der Waals surface area contributed by atoms with Crippen molar-refractivity contribution < 1.29 is 30.3 Å². The van der Waals surface area contributed by atoms with Crippen LogP contribution in [0.4, 0.5) is 0 Å². The Hall–Kier alpha value is -0.730. The van der Waals surface area contributed by atoms with Gasteiger partial charge in [0.15, 0.2) is 0 Å². The molecule has 0 aromatic carbocycles. The molecule has 0 aliphatic heterocycles. The highest BCUT2D eigenvalue weighted by Gasteiger charge is 2.29. The lowest BCUT2D eigenvalue weighted by Crippen LogP contribution is -2.48. The van der Waals surface area contributed by atoms with Crippen LogP contribution >= 0.6 is 0 Å². The van der Waals surface area contributed by atoms with Crippen LogP contribution in [0.5, 0.6) is 0 Å². The lowest BCUT2D eigenvalue weighted by atomic mass is 10.0. The lowest BCUT2D eigenvalue weighted by Gasteiger charge is -2.25. The summed E-state index contributed by atoms with van der Waals surface area (Å²) in [6, 6.07) is 0. The number of nitrogens with one attached hydrogen (secondary N) is 1. The average molecular weight is 208 g/mol. The lowest BCUT2D eigenvalue weighted by molar-refractivity contribution is -0.113. The van der Waals surface area contributed by atoms with Gasteiger partial charge in [0.05, 0.1) is 12.7 Å². The summed E-state index contributed by atoms with van der Waals surface area (Å²) in [5.41, 5.74) is 0. The number of hydrogen-bond acceptors (Lipinski definition) is 6. The van der Waals surface area contributed by atoms with Gasteiger partial charge in [-0.2, -0.15) is 0 Å². The smallest absolute Gasteiger partial charge is 0.309 e. The topological polar surface area (TPSA) is 130 Å². The van der Waals surface area contributed by atoms with Crippen LogP contribution in [0.3, 0.4) is 0 Å². The molecule has 0 saturated carbocycles. The minimum absolute atomic E-state index is 0.306. The van der Waals surface area contributed by atoms with E-state index < -0.39 is 31.0 Å². The quantitative estimate of drug-likeness (QED) is 0.237. The second-order valence-electron chi connectivity index (χ2n) is 2.78. The molecule has 0 aliphatic rings. The van der Waals surface area contributed by atoms with Crippen LogP contribution in [0.2, 0.25) is 0 Å². The Morgan fingerprint density at radius 3 is 2.00 bits per heavy atom. The Morgan fingerprint density at radius 2 is 1.57 bits per heavy atom. The molecule has 6 N–H and O–H groups in total. The zero-order chi connectivity index (χ0) is 11.1. The van der Waals surface area contributed by atoms with Crippen LogP contribution in [-0.4, -0.2) is 69.5 Å². The molecule has 0 spiro atoms. The van der Waals surface area contributed by atoms with Crippen molar-refractivity contribution in [2.24, 2.45) is 0 Å². The Kier molecular flexibility index (Phi) is 6.34. The minimum Gasteiger partial charge on any atom is -0.394 e. The monoisotopic (exact) mass is 208 g/mol. The highest BCUT2D eigenvalue weighted by Crippen LogP contribution is 2.04. The summed E-state index contributed by atoms with van der Waals surface area (Å²) < 4.78 is 0. The second-order valence-corrected chi connectivity index (χ2v) is 2.78. The molecule has 0 aromatic heterocycles. The van der Waals surface area contributed by atoms with Crippen molar-refractivity contribution in [1.82, 2.24) is 5.32 Å². The fourth-order valence-corrected chi connectivity index (χ4v) is 0.830. The van der Waals surface area contributed by atoms with E-state index in [0.29, 0.717) is 0 Å². The molecule has 0 rings (SSSR count). The van der Waals surface area contributed by atoms with Gasteiger partial charge in [-0.15, -0.1) is 0 Å². The van der Waals surface area contributed by atoms with Crippen LogP contribution in [0, 0.1) is 0 Å². The van der Waals surface area contributed by atoms with Crippen LogP contribution in [0.25, 0.3) is 0 Å². The second kappa shape index (κ2) is 6.68.